The summed E-state index contributed by atoms with van der Waals surface area (Å²) in [5.74, 6) is -1.33. The Hall–Kier alpha value is -1.85. The molecule has 1 aromatic heterocycles. The number of benzene rings is 1. The number of aliphatic carboxylic acids is 1. The van der Waals surface area contributed by atoms with E-state index >= 15 is 0 Å². The smallest absolute Gasteiger partial charge is 0.323 e. The third-order valence-corrected chi connectivity index (χ3v) is 3.60. The molecule has 0 saturated carbocycles. The fourth-order valence-electron chi connectivity index (χ4n) is 1.74. The van der Waals surface area contributed by atoms with Crippen LogP contribution in [-0.2, 0) is 11.3 Å². The molecule has 0 bridgehead atoms. The Morgan fingerprint density at radius 1 is 1.20 bits per heavy atom. The van der Waals surface area contributed by atoms with E-state index in [2.05, 4.69) is 0 Å². The third kappa shape index (κ3) is 3.82. The minimum Gasteiger partial charge on any atom is -0.480 e. The van der Waals surface area contributed by atoms with E-state index in [1.165, 1.54) is 16.2 Å². The SMILES string of the molecule is O=C(O)CN(Cc1ccc(Cl)cc1)C(=O)c1ccsc1. The molecule has 0 aliphatic rings. The number of nitrogens with zero attached hydrogens (tertiary/aromatic N) is 1. The second kappa shape index (κ2) is 6.54. The van der Waals surface area contributed by atoms with Crippen LogP contribution in [0.4, 0.5) is 0 Å². The molecule has 0 saturated heterocycles. The molecule has 4 nitrogen and oxygen atoms in total. The molecule has 6 heteroatoms. The zero-order valence-corrected chi connectivity index (χ0v) is 12.0. The van der Waals surface area contributed by atoms with Crippen LogP contribution in [0.3, 0.4) is 0 Å². The number of amides is 1. The average Bonchev–Trinajstić information content (AvgIpc) is 2.93. The van der Waals surface area contributed by atoms with Crippen LogP contribution in [0.1, 0.15) is 15.9 Å². The lowest BCUT2D eigenvalue weighted by atomic mass is 10.2. The van der Waals surface area contributed by atoms with Crippen molar-refractivity contribution in [3.63, 3.8) is 0 Å². The summed E-state index contributed by atoms with van der Waals surface area (Å²) in [6, 6.07) is 8.66. The highest BCUT2D eigenvalue weighted by atomic mass is 35.5. The van der Waals surface area contributed by atoms with Gasteiger partial charge in [0, 0.05) is 16.9 Å². The Kier molecular flexibility index (Phi) is 4.76. The third-order valence-electron chi connectivity index (χ3n) is 2.67. The average molecular weight is 310 g/mol. The minimum absolute atomic E-state index is 0.234. The maximum atomic E-state index is 12.3. The molecule has 104 valence electrons. The van der Waals surface area contributed by atoms with Gasteiger partial charge in [0.1, 0.15) is 6.54 Å². The topological polar surface area (TPSA) is 57.6 Å². The van der Waals surface area contributed by atoms with Crippen LogP contribution in [0.15, 0.2) is 41.1 Å². The first-order valence-electron chi connectivity index (χ1n) is 5.84. The lowest BCUT2D eigenvalue weighted by Crippen LogP contribution is -2.34. The van der Waals surface area contributed by atoms with E-state index in [4.69, 9.17) is 16.7 Å². The molecule has 0 radical (unpaired) electrons. The van der Waals surface area contributed by atoms with Crippen LogP contribution in [-0.4, -0.2) is 28.4 Å². The van der Waals surface area contributed by atoms with Crippen LogP contribution in [0, 0.1) is 0 Å². The van der Waals surface area contributed by atoms with Crippen LogP contribution in [0.25, 0.3) is 0 Å². The second-order valence-electron chi connectivity index (χ2n) is 4.19. The van der Waals surface area contributed by atoms with E-state index in [1.807, 2.05) is 0 Å². The van der Waals surface area contributed by atoms with Crippen molar-refractivity contribution in [2.75, 3.05) is 6.54 Å². The Morgan fingerprint density at radius 3 is 2.45 bits per heavy atom. The predicted molar refractivity (Wildman–Crippen MR) is 78.1 cm³/mol. The Labute approximate surface area is 125 Å². The van der Waals surface area contributed by atoms with Crippen LogP contribution in [0.2, 0.25) is 5.02 Å². The van der Waals surface area contributed by atoms with Crippen molar-refractivity contribution in [1.82, 2.24) is 4.90 Å². The van der Waals surface area contributed by atoms with Crippen LogP contribution >= 0.6 is 22.9 Å². The van der Waals surface area contributed by atoms with Crippen molar-refractivity contribution in [1.29, 1.82) is 0 Å². The normalized spacial score (nSPS) is 10.2. The lowest BCUT2D eigenvalue weighted by Gasteiger charge is -2.20. The number of rotatable bonds is 5. The largest absolute Gasteiger partial charge is 0.480 e. The molecule has 1 heterocycles. The van der Waals surface area contributed by atoms with Gasteiger partial charge in [0.2, 0.25) is 0 Å². The van der Waals surface area contributed by atoms with Crippen molar-refractivity contribution in [2.24, 2.45) is 0 Å². The summed E-state index contributed by atoms with van der Waals surface area (Å²) in [7, 11) is 0. The summed E-state index contributed by atoms with van der Waals surface area (Å²) >= 11 is 7.20. The molecule has 1 N–H and O–H groups in total. The molecule has 0 atom stereocenters. The maximum absolute atomic E-state index is 12.3. The molecule has 0 spiro atoms. The quantitative estimate of drug-likeness (QED) is 0.923. The first-order chi connectivity index (χ1) is 9.56. The number of halogens is 1. The molecule has 20 heavy (non-hydrogen) atoms. The molecule has 0 aliphatic carbocycles. The van der Waals surface area contributed by atoms with Gasteiger partial charge in [-0.25, -0.2) is 0 Å². The van der Waals surface area contributed by atoms with Gasteiger partial charge in [-0.15, -0.1) is 0 Å². The van der Waals surface area contributed by atoms with Gasteiger partial charge in [-0.05, 0) is 29.1 Å². The number of carboxylic acid groups (broad SMARTS) is 1. The summed E-state index contributed by atoms with van der Waals surface area (Å²) in [5, 5.41) is 13.0. The number of hydrogen-bond acceptors (Lipinski definition) is 3. The Bertz CT molecular complexity index is 595. The standard InChI is InChI=1S/C14H12ClNO3S/c15-12-3-1-10(2-4-12)7-16(8-13(17)18)14(19)11-5-6-20-9-11/h1-6,9H,7-8H2,(H,17,18). The zero-order chi connectivity index (χ0) is 14.5. The van der Waals surface area contributed by atoms with E-state index in [0.717, 1.165) is 5.56 Å². The number of thiophene rings is 1. The van der Waals surface area contributed by atoms with Gasteiger partial charge in [-0.2, -0.15) is 11.3 Å². The number of carboxylic acids is 1. The highest BCUT2D eigenvalue weighted by Crippen LogP contribution is 2.15. The molecular weight excluding hydrogens is 298 g/mol. The first kappa shape index (κ1) is 14.6. The van der Waals surface area contributed by atoms with Crippen molar-refractivity contribution in [3.05, 3.63) is 57.2 Å². The molecule has 2 rings (SSSR count). The number of carbonyl (C=O) groups is 2. The number of carbonyl (C=O) groups excluding carboxylic acids is 1. The summed E-state index contributed by atoms with van der Waals surface area (Å²) in [6.07, 6.45) is 0. The van der Waals surface area contributed by atoms with Gasteiger partial charge >= 0.3 is 5.97 Å². The summed E-state index contributed by atoms with van der Waals surface area (Å²) in [4.78, 5) is 24.5. The van der Waals surface area contributed by atoms with E-state index < -0.39 is 5.97 Å². The second-order valence-corrected chi connectivity index (χ2v) is 5.41. The Morgan fingerprint density at radius 2 is 1.90 bits per heavy atom. The van der Waals surface area contributed by atoms with Gasteiger partial charge < -0.3 is 10.0 Å². The van der Waals surface area contributed by atoms with Gasteiger partial charge in [0.25, 0.3) is 5.91 Å². The van der Waals surface area contributed by atoms with E-state index in [-0.39, 0.29) is 19.0 Å². The summed E-state index contributed by atoms with van der Waals surface area (Å²) in [6.45, 7) is -0.102. The fourth-order valence-corrected chi connectivity index (χ4v) is 2.50. The monoisotopic (exact) mass is 309 g/mol. The molecule has 1 aromatic carbocycles. The summed E-state index contributed by atoms with van der Waals surface area (Å²) < 4.78 is 0. The van der Waals surface area contributed by atoms with Gasteiger partial charge in [0.05, 0.1) is 5.56 Å². The van der Waals surface area contributed by atoms with Crippen molar-refractivity contribution >= 4 is 34.8 Å². The predicted octanol–water partition coefficient (Wildman–Crippen LogP) is 3.13. The van der Waals surface area contributed by atoms with Crippen molar-refractivity contribution < 1.29 is 14.7 Å². The Balaban J connectivity index is 2.17. The molecule has 2 aromatic rings. The van der Waals surface area contributed by atoms with E-state index in [9.17, 15) is 9.59 Å². The highest BCUT2D eigenvalue weighted by Gasteiger charge is 2.19. The van der Waals surface area contributed by atoms with E-state index in [1.54, 1.807) is 41.1 Å². The van der Waals surface area contributed by atoms with Crippen LogP contribution in [0.5, 0.6) is 0 Å². The van der Waals surface area contributed by atoms with Crippen molar-refractivity contribution in [3.8, 4) is 0 Å². The van der Waals surface area contributed by atoms with Crippen molar-refractivity contribution in [2.45, 2.75) is 6.54 Å². The van der Waals surface area contributed by atoms with E-state index in [0.29, 0.717) is 10.6 Å². The zero-order valence-electron chi connectivity index (χ0n) is 10.5. The van der Waals surface area contributed by atoms with Gasteiger partial charge in [-0.3, -0.25) is 9.59 Å². The minimum atomic E-state index is -1.04. The molecule has 1 amide bonds. The molecule has 0 fully saturated rings. The fraction of sp³-hybridized carbons (Fsp3) is 0.143. The van der Waals surface area contributed by atoms with Crippen LogP contribution < -0.4 is 0 Å². The molecule has 0 unspecified atom stereocenters. The molecule has 0 aliphatic heterocycles. The first-order valence-corrected chi connectivity index (χ1v) is 7.16. The number of hydrogen-bond donors (Lipinski definition) is 1. The summed E-state index contributed by atoms with van der Waals surface area (Å²) in [5.41, 5.74) is 1.34. The maximum Gasteiger partial charge on any atom is 0.323 e. The lowest BCUT2D eigenvalue weighted by molar-refractivity contribution is -0.137. The molecular formula is C14H12ClNO3S. The van der Waals surface area contributed by atoms with Gasteiger partial charge in [0.15, 0.2) is 0 Å². The highest BCUT2D eigenvalue weighted by molar-refractivity contribution is 7.08. The van der Waals surface area contributed by atoms with Gasteiger partial charge in [-0.1, -0.05) is 23.7 Å².